The monoisotopic (exact) mass is 535 g/mol. The number of furan rings is 4. The summed E-state index contributed by atoms with van der Waals surface area (Å²) >= 11 is 0. The zero-order valence-corrected chi connectivity index (χ0v) is 21.2. The van der Waals surface area contributed by atoms with Gasteiger partial charge in [0.1, 0.15) is 6.33 Å². The van der Waals surface area contributed by atoms with Gasteiger partial charge in [0.25, 0.3) is 0 Å². The molecule has 0 bridgehead atoms. The SMILES string of the molecule is c1ncc(-n2c3cc(-n4c5ccoc5c5occc54)ccc3c3ccc(-n4c5ccoc5c5occc54)cc32)cn1. The molecule has 0 radical (unpaired) electrons. The quantitative estimate of drug-likeness (QED) is 0.227. The molecule has 194 valence electrons. The molecule has 0 atom stereocenters. The molecule has 0 aliphatic heterocycles. The highest BCUT2D eigenvalue weighted by molar-refractivity contribution is 6.11. The molecule has 8 heterocycles. The number of rotatable bonds is 3. The molecule has 0 fully saturated rings. The molecule has 41 heavy (non-hydrogen) atoms. The molecule has 0 saturated heterocycles. The van der Waals surface area contributed by atoms with Crippen molar-refractivity contribution < 1.29 is 17.7 Å². The molecule has 0 spiro atoms. The van der Waals surface area contributed by atoms with Gasteiger partial charge < -0.3 is 31.4 Å². The zero-order chi connectivity index (χ0) is 26.7. The molecule has 2 aromatic carbocycles. The summed E-state index contributed by atoms with van der Waals surface area (Å²) < 4.78 is 29.6. The van der Waals surface area contributed by atoms with Crippen LogP contribution >= 0.6 is 0 Å². The van der Waals surface area contributed by atoms with Crippen molar-refractivity contribution in [3.63, 3.8) is 0 Å². The van der Waals surface area contributed by atoms with Crippen molar-refractivity contribution in [1.82, 2.24) is 23.7 Å². The Morgan fingerprint density at radius 2 is 0.805 bits per heavy atom. The molecule has 0 unspecified atom stereocenters. The summed E-state index contributed by atoms with van der Waals surface area (Å²) in [6.45, 7) is 0. The Kier molecular flexibility index (Phi) is 3.76. The van der Waals surface area contributed by atoms with Gasteiger partial charge in [-0.2, -0.15) is 0 Å². The fourth-order valence-corrected chi connectivity index (χ4v) is 6.37. The number of hydrogen-bond acceptors (Lipinski definition) is 6. The maximum absolute atomic E-state index is 5.77. The molecule has 0 aliphatic carbocycles. The van der Waals surface area contributed by atoms with E-state index in [-0.39, 0.29) is 0 Å². The second kappa shape index (κ2) is 7.36. The van der Waals surface area contributed by atoms with Gasteiger partial charge in [-0.15, -0.1) is 0 Å². The summed E-state index contributed by atoms with van der Waals surface area (Å²) in [4.78, 5) is 8.69. The van der Waals surface area contributed by atoms with Gasteiger partial charge in [-0.3, -0.25) is 0 Å². The van der Waals surface area contributed by atoms with Gasteiger partial charge in [0.15, 0.2) is 22.3 Å². The first-order valence-corrected chi connectivity index (χ1v) is 13.1. The summed E-state index contributed by atoms with van der Waals surface area (Å²) in [5.74, 6) is 0. The predicted molar refractivity (Wildman–Crippen MR) is 154 cm³/mol. The number of aromatic nitrogens is 5. The zero-order valence-electron chi connectivity index (χ0n) is 21.2. The lowest BCUT2D eigenvalue weighted by Crippen LogP contribution is -1.98. The lowest BCUT2D eigenvalue weighted by atomic mass is 10.1. The number of nitrogens with zero attached hydrogens (tertiary/aromatic N) is 5. The van der Waals surface area contributed by atoms with Gasteiger partial charge >= 0.3 is 0 Å². The van der Waals surface area contributed by atoms with E-state index in [0.717, 1.165) is 83.3 Å². The van der Waals surface area contributed by atoms with Crippen molar-refractivity contribution in [3.8, 4) is 17.1 Å². The van der Waals surface area contributed by atoms with E-state index in [1.165, 1.54) is 0 Å². The molecule has 9 heteroatoms. The predicted octanol–water partition coefficient (Wildman–Crippen LogP) is 8.14. The lowest BCUT2D eigenvalue weighted by molar-refractivity contribution is 0.583. The third-order valence-corrected chi connectivity index (χ3v) is 8.01. The van der Waals surface area contributed by atoms with Gasteiger partial charge in [0.2, 0.25) is 0 Å². The highest BCUT2D eigenvalue weighted by Gasteiger charge is 2.21. The van der Waals surface area contributed by atoms with Crippen LogP contribution in [0.15, 0.2) is 122 Å². The minimum Gasteiger partial charge on any atom is -0.459 e. The first-order valence-electron chi connectivity index (χ1n) is 13.1. The average Bonchev–Trinajstić information content (AvgIpc) is 3.83. The third kappa shape index (κ3) is 2.60. The van der Waals surface area contributed by atoms with Gasteiger partial charge in [-0.1, -0.05) is 12.1 Å². The van der Waals surface area contributed by atoms with Crippen LogP contribution in [0.5, 0.6) is 0 Å². The summed E-state index contributed by atoms with van der Waals surface area (Å²) in [5, 5.41) is 2.24. The van der Waals surface area contributed by atoms with Gasteiger partial charge in [-0.05, 0) is 24.3 Å². The van der Waals surface area contributed by atoms with Crippen molar-refractivity contribution in [1.29, 1.82) is 0 Å². The van der Waals surface area contributed by atoms with Crippen LogP contribution in [0, 0.1) is 0 Å². The highest BCUT2D eigenvalue weighted by atomic mass is 16.4. The molecule has 0 saturated carbocycles. The fourth-order valence-electron chi connectivity index (χ4n) is 6.37. The molecular formula is C32H17N5O4. The Morgan fingerprint density at radius 3 is 1.22 bits per heavy atom. The van der Waals surface area contributed by atoms with E-state index in [1.807, 2.05) is 36.7 Å². The first kappa shape index (κ1) is 20.9. The lowest BCUT2D eigenvalue weighted by Gasteiger charge is -2.10. The molecule has 0 aliphatic rings. The summed E-state index contributed by atoms with van der Waals surface area (Å²) in [5.41, 5.74) is 11.6. The van der Waals surface area contributed by atoms with Crippen molar-refractivity contribution in [2.24, 2.45) is 0 Å². The second-order valence-electron chi connectivity index (χ2n) is 10.0. The normalized spacial score (nSPS) is 12.4. The first-order chi connectivity index (χ1) is 20.3. The van der Waals surface area contributed by atoms with Gasteiger partial charge in [0.05, 0.1) is 76.2 Å². The Bertz CT molecular complexity index is 2340. The Balaban J connectivity index is 1.30. The van der Waals surface area contributed by atoms with E-state index in [1.54, 1.807) is 31.4 Å². The Labute approximate surface area is 229 Å². The number of hydrogen-bond donors (Lipinski definition) is 0. The van der Waals surface area contributed by atoms with E-state index in [2.05, 4.69) is 60.1 Å². The van der Waals surface area contributed by atoms with E-state index in [9.17, 15) is 0 Å². The smallest absolute Gasteiger partial charge is 0.195 e. The van der Waals surface area contributed by atoms with E-state index in [4.69, 9.17) is 17.7 Å². The van der Waals surface area contributed by atoms with E-state index >= 15 is 0 Å². The van der Waals surface area contributed by atoms with Crippen LogP contribution in [0.1, 0.15) is 0 Å². The average molecular weight is 536 g/mol. The summed E-state index contributed by atoms with van der Waals surface area (Å²) in [7, 11) is 0. The molecule has 10 aromatic rings. The Hall–Kier alpha value is -5.96. The van der Waals surface area contributed by atoms with Crippen LogP contribution in [-0.4, -0.2) is 23.7 Å². The van der Waals surface area contributed by atoms with Crippen LogP contribution in [0.4, 0.5) is 0 Å². The second-order valence-corrected chi connectivity index (χ2v) is 10.0. The topological polar surface area (TPSA) is 93.1 Å². The third-order valence-electron chi connectivity index (χ3n) is 8.01. The highest BCUT2D eigenvalue weighted by Crippen LogP contribution is 2.39. The molecule has 10 rings (SSSR count). The van der Waals surface area contributed by atoms with E-state index < -0.39 is 0 Å². The number of fused-ring (bicyclic) bond motifs is 9. The molecule has 9 nitrogen and oxygen atoms in total. The largest absolute Gasteiger partial charge is 0.459 e. The van der Waals surface area contributed by atoms with E-state index in [0.29, 0.717) is 0 Å². The molecule has 0 amide bonds. The van der Waals surface area contributed by atoms with Crippen molar-refractivity contribution in [2.75, 3.05) is 0 Å². The minimum absolute atomic E-state index is 0.731. The minimum atomic E-state index is 0.731. The van der Waals surface area contributed by atoms with Crippen molar-refractivity contribution in [3.05, 3.63) is 104 Å². The fraction of sp³-hybridized carbons (Fsp3) is 0. The maximum Gasteiger partial charge on any atom is 0.195 e. The maximum atomic E-state index is 5.77. The van der Waals surface area contributed by atoms with Crippen LogP contribution in [0.2, 0.25) is 0 Å². The van der Waals surface area contributed by atoms with Gasteiger partial charge in [-0.25, -0.2) is 9.97 Å². The van der Waals surface area contributed by atoms with Crippen molar-refractivity contribution in [2.45, 2.75) is 0 Å². The van der Waals surface area contributed by atoms with Crippen LogP contribution in [0.3, 0.4) is 0 Å². The molecular weight excluding hydrogens is 518 g/mol. The molecule has 0 N–H and O–H groups in total. The van der Waals surface area contributed by atoms with Crippen LogP contribution in [-0.2, 0) is 0 Å². The van der Waals surface area contributed by atoms with Crippen LogP contribution < -0.4 is 0 Å². The summed E-state index contributed by atoms with van der Waals surface area (Å²) in [6.07, 6.45) is 12.0. The van der Waals surface area contributed by atoms with Crippen LogP contribution in [0.25, 0.3) is 83.3 Å². The molecule has 8 aromatic heterocycles. The number of benzene rings is 2. The summed E-state index contributed by atoms with van der Waals surface area (Å²) in [6, 6.07) is 20.9. The standard InChI is InChI=1S/C32H17N5O4/c1-3-21-22-4-2-19(36-25-7-11-40-31(25)32-26(36)8-12-41-32)14-28(22)37(20-15-33-17-34-16-20)27(21)13-18(1)35-23-5-9-38-29(23)30-24(35)6-10-39-30/h1-17H. The van der Waals surface area contributed by atoms with Crippen molar-refractivity contribution >= 4 is 66.2 Å². The Morgan fingerprint density at radius 1 is 0.415 bits per heavy atom. The van der Waals surface area contributed by atoms with Gasteiger partial charge in [0, 0.05) is 46.4 Å².